The van der Waals surface area contributed by atoms with Crippen LogP contribution in [-0.2, 0) is 26.1 Å². The van der Waals surface area contributed by atoms with Gasteiger partial charge in [-0.3, -0.25) is 4.98 Å². The van der Waals surface area contributed by atoms with Crippen LogP contribution in [0, 0.1) is 0 Å². The lowest BCUT2D eigenvalue weighted by molar-refractivity contribution is 0.504. The van der Waals surface area contributed by atoms with Crippen molar-refractivity contribution in [3.8, 4) is 0 Å². The van der Waals surface area contributed by atoms with E-state index in [1.807, 2.05) is 18.2 Å². The Balaban J connectivity index is 1.62. The third-order valence-electron chi connectivity index (χ3n) is 3.82. The first-order chi connectivity index (χ1) is 11.4. The standard InChI is InChI=1S/C16H23N7/c1-2-17-16(19-11-13-7-3-5-9-18-13)20-12-15-22-21-14-8-4-6-10-23(14)15/h3,5,7,9H,2,4,6,8,10-12H2,1H3,(H2,17,19,20). The van der Waals surface area contributed by atoms with Gasteiger partial charge in [0.2, 0.25) is 0 Å². The van der Waals surface area contributed by atoms with Gasteiger partial charge in [0, 0.05) is 25.7 Å². The molecule has 2 N–H and O–H groups in total. The van der Waals surface area contributed by atoms with E-state index in [4.69, 9.17) is 0 Å². The Bertz CT molecular complexity index is 648. The molecule has 7 heteroatoms. The van der Waals surface area contributed by atoms with Gasteiger partial charge in [-0.05, 0) is 31.9 Å². The number of aromatic nitrogens is 4. The summed E-state index contributed by atoms with van der Waals surface area (Å²) in [6, 6.07) is 5.85. The Morgan fingerprint density at radius 1 is 1.26 bits per heavy atom. The van der Waals surface area contributed by atoms with Crippen LogP contribution in [0.5, 0.6) is 0 Å². The van der Waals surface area contributed by atoms with Crippen molar-refractivity contribution in [3.63, 3.8) is 0 Å². The molecule has 0 radical (unpaired) electrons. The lowest BCUT2D eigenvalue weighted by Crippen LogP contribution is -2.37. The highest BCUT2D eigenvalue weighted by Gasteiger charge is 2.15. The number of guanidine groups is 1. The molecule has 3 rings (SSSR count). The molecule has 1 aliphatic rings. The Morgan fingerprint density at radius 2 is 2.22 bits per heavy atom. The number of fused-ring (bicyclic) bond motifs is 1. The summed E-state index contributed by atoms with van der Waals surface area (Å²) in [6.45, 7) is 5.05. The summed E-state index contributed by atoms with van der Waals surface area (Å²) >= 11 is 0. The summed E-state index contributed by atoms with van der Waals surface area (Å²) < 4.78 is 2.22. The predicted molar refractivity (Wildman–Crippen MR) is 88.9 cm³/mol. The lowest BCUT2D eigenvalue weighted by atomic mass is 10.2. The molecule has 0 spiro atoms. The zero-order valence-electron chi connectivity index (χ0n) is 13.5. The fourth-order valence-corrected chi connectivity index (χ4v) is 2.66. The number of rotatable bonds is 5. The molecule has 0 saturated heterocycles. The van der Waals surface area contributed by atoms with Crippen LogP contribution in [0.2, 0.25) is 0 Å². The van der Waals surface area contributed by atoms with Gasteiger partial charge in [0.05, 0.1) is 18.8 Å². The second-order valence-electron chi connectivity index (χ2n) is 5.51. The molecule has 0 unspecified atom stereocenters. The van der Waals surface area contributed by atoms with Gasteiger partial charge in [-0.25, -0.2) is 4.99 Å². The Kier molecular flexibility index (Phi) is 5.18. The van der Waals surface area contributed by atoms with E-state index in [0.29, 0.717) is 13.1 Å². The Labute approximate surface area is 136 Å². The number of aryl methyl sites for hydroxylation is 1. The third kappa shape index (κ3) is 4.06. The van der Waals surface area contributed by atoms with Gasteiger partial charge < -0.3 is 15.2 Å². The van der Waals surface area contributed by atoms with Crippen molar-refractivity contribution >= 4 is 5.96 Å². The molecule has 0 fully saturated rings. The van der Waals surface area contributed by atoms with Crippen molar-refractivity contribution in [1.29, 1.82) is 0 Å². The largest absolute Gasteiger partial charge is 0.357 e. The number of hydrogen-bond donors (Lipinski definition) is 2. The van der Waals surface area contributed by atoms with Gasteiger partial charge in [0.25, 0.3) is 0 Å². The molecule has 122 valence electrons. The van der Waals surface area contributed by atoms with Crippen molar-refractivity contribution in [1.82, 2.24) is 30.4 Å². The normalized spacial score (nSPS) is 14.4. The summed E-state index contributed by atoms with van der Waals surface area (Å²) in [5.41, 5.74) is 0.949. The second-order valence-corrected chi connectivity index (χ2v) is 5.51. The van der Waals surface area contributed by atoms with Crippen LogP contribution < -0.4 is 10.6 Å². The fourth-order valence-electron chi connectivity index (χ4n) is 2.66. The summed E-state index contributed by atoms with van der Waals surface area (Å²) in [5.74, 6) is 2.85. The topological polar surface area (TPSA) is 80.0 Å². The van der Waals surface area contributed by atoms with Gasteiger partial charge >= 0.3 is 0 Å². The highest BCUT2D eigenvalue weighted by molar-refractivity contribution is 5.79. The molecule has 7 nitrogen and oxygen atoms in total. The summed E-state index contributed by atoms with van der Waals surface area (Å²) in [5, 5.41) is 15.2. The van der Waals surface area contributed by atoms with Crippen LogP contribution in [0.25, 0.3) is 0 Å². The van der Waals surface area contributed by atoms with E-state index in [1.54, 1.807) is 6.20 Å². The molecule has 0 amide bonds. The van der Waals surface area contributed by atoms with Crippen LogP contribution in [0.4, 0.5) is 0 Å². The molecule has 0 saturated carbocycles. The van der Waals surface area contributed by atoms with Crippen LogP contribution in [-0.4, -0.2) is 32.3 Å². The maximum atomic E-state index is 4.57. The minimum Gasteiger partial charge on any atom is -0.357 e. The molecule has 2 aromatic heterocycles. The molecular formula is C16H23N7. The van der Waals surface area contributed by atoms with E-state index >= 15 is 0 Å². The maximum absolute atomic E-state index is 4.57. The van der Waals surface area contributed by atoms with Crippen molar-refractivity contribution < 1.29 is 0 Å². The van der Waals surface area contributed by atoms with E-state index in [0.717, 1.165) is 42.8 Å². The first kappa shape index (κ1) is 15.5. The predicted octanol–water partition coefficient (Wildman–Crippen LogP) is 1.26. The zero-order valence-corrected chi connectivity index (χ0v) is 13.5. The Morgan fingerprint density at radius 3 is 3.04 bits per heavy atom. The molecule has 0 aromatic carbocycles. The summed E-state index contributed by atoms with van der Waals surface area (Å²) in [7, 11) is 0. The highest BCUT2D eigenvalue weighted by atomic mass is 15.3. The van der Waals surface area contributed by atoms with Crippen LogP contribution >= 0.6 is 0 Å². The highest BCUT2D eigenvalue weighted by Crippen LogP contribution is 2.13. The summed E-state index contributed by atoms with van der Waals surface area (Å²) in [6.07, 6.45) is 5.22. The van der Waals surface area contributed by atoms with Crippen LogP contribution in [0.1, 0.15) is 37.1 Å². The van der Waals surface area contributed by atoms with Crippen molar-refractivity contribution in [2.45, 2.75) is 45.8 Å². The monoisotopic (exact) mass is 313 g/mol. The second kappa shape index (κ2) is 7.71. The van der Waals surface area contributed by atoms with Gasteiger partial charge in [-0.2, -0.15) is 0 Å². The average Bonchev–Trinajstić information content (AvgIpc) is 3.01. The van der Waals surface area contributed by atoms with E-state index < -0.39 is 0 Å². The van der Waals surface area contributed by atoms with Crippen molar-refractivity contribution in [2.24, 2.45) is 4.99 Å². The van der Waals surface area contributed by atoms with Gasteiger partial charge in [-0.15, -0.1) is 10.2 Å². The zero-order chi connectivity index (χ0) is 15.9. The molecule has 23 heavy (non-hydrogen) atoms. The van der Waals surface area contributed by atoms with Gasteiger partial charge in [-0.1, -0.05) is 6.07 Å². The maximum Gasteiger partial charge on any atom is 0.192 e. The first-order valence-electron chi connectivity index (χ1n) is 8.20. The average molecular weight is 313 g/mol. The van der Waals surface area contributed by atoms with Gasteiger partial charge in [0.15, 0.2) is 11.8 Å². The smallest absolute Gasteiger partial charge is 0.192 e. The van der Waals surface area contributed by atoms with E-state index in [-0.39, 0.29) is 0 Å². The number of nitrogens with one attached hydrogen (secondary N) is 2. The molecule has 0 atom stereocenters. The van der Waals surface area contributed by atoms with Crippen molar-refractivity contribution in [2.75, 3.05) is 6.54 Å². The quantitative estimate of drug-likeness (QED) is 0.642. The molecule has 2 aromatic rings. The van der Waals surface area contributed by atoms with Gasteiger partial charge in [0.1, 0.15) is 5.82 Å². The molecular weight excluding hydrogens is 290 g/mol. The lowest BCUT2D eigenvalue weighted by Gasteiger charge is -2.16. The number of hydrogen-bond acceptors (Lipinski definition) is 4. The molecule has 3 heterocycles. The number of aliphatic imine (C=N–C) groups is 1. The molecule has 0 aliphatic carbocycles. The van der Waals surface area contributed by atoms with Crippen LogP contribution in [0.3, 0.4) is 0 Å². The molecule has 0 bridgehead atoms. The van der Waals surface area contributed by atoms with E-state index in [9.17, 15) is 0 Å². The fraction of sp³-hybridized carbons (Fsp3) is 0.500. The summed E-state index contributed by atoms with van der Waals surface area (Å²) in [4.78, 5) is 8.86. The Hall–Kier alpha value is -2.44. The van der Waals surface area contributed by atoms with Crippen molar-refractivity contribution in [3.05, 3.63) is 41.7 Å². The number of nitrogens with zero attached hydrogens (tertiary/aromatic N) is 5. The number of pyridine rings is 1. The third-order valence-corrected chi connectivity index (χ3v) is 3.82. The molecule has 1 aliphatic heterocycles. The SMILES string of the molecule is CCNC(=NCc1ccccn1)NCc1nnc2n1CCCC2. The minimum atomic E-state index is 0.550. The minimum absolute atomic E-state index is 0.550. The van der Waals surface area contributed by atoms with Crippen LogP contribution in [0.15, 0.2) is 29.4 Å². The van der Waals surface area contributed by atoms with E-state index in [1.165, 1.54) is 12.8 Å². The first-order valence-corrected chi connectivity index (χ1v) is 8.20. The van der Waals surface area contributed by atoms with E-state index in [2.05, 4.69) is 42.3 Å².